The van der Waals surface area contributed by atoms with Crippen LogP contribution in [-0.4, -0.2) is 34.9 Å². The second-order valence-corrected chi connectivity index (χ2v) is 8.41. The van der Waals surface area contributed by atoms with Gasteiger partial charge in [-0.15, -0.1) is 0 Å². The van der Waals surface area contributed by atoms with E-state index in [-0.39, 0.29) is 60.1 Å². The van der Waals surface area contributed by atoms with Gasteiger partial charge in [0.05, 0.1) is 11.8 Å². The van der Waals surface area contributed by atoms with Gasteiger partial charge in [0.2, 0.25) is 17.7 Å². The maximum absolute atomic E-state index is 12.9. The average Bonchev–Trinajstić information content (AvgIpc) is 3.46. The van der Waals surface area contributed by atoms with Gasteiger partial charge in [0.15, 0.2) is 5.78 Å². The minimum atomic E-state index is -0.255. The van der Waals surface area contributed by atoms with Crippen LogP contribution in [0.4, 0.5) is 5.69 Å². The molecule has 6 nitrogen and oxygen atoms in total. The summed E-state index contributed by atoms with van der Waals surface area (Å²) in [4.78, 5) is 50.7. The molecule has 1 saturated heterocycles. The quantitative estimate of drug-likeness (QED) is 0.484. The summed E-state index contributed by atoms with van der Waals surface area (Å²) in [5.41, 5.74) is 1.17. The number of nitrogens with zero attached hydrogens (tertiary/aromatic N) is 1. The fraction of sp³-hybridized carbons (Fsp3) is 0.455. The van der Waals surface area contributed by atoms with Gasteiger partial charge in [-0.2, -0.15) is 0 Å². The standard InChI is InChI=1S/C22H22N2O4/c1-11(25)12-2-4-13(5-3-12)23-18(26)8-9-24-21(27)19-14-6-7-15(17-10-16(14)17)20(19)22(24)28/h2-7,14-17,19-20H,8-10H2,1H3,(H,23,26)/t14-,15-,16-,17-,19-,20+/m1/s1. The third kappa shape index (κ3) is 2.54. The number of carbonyl (C=O) groups is 4. The number of amides is 3. The van der Waals surface area contributed by atoms with Gasteiger partial charge in [-0.1, -0.05) is 12.2 Å². The van der Waals surface area contributed by atoms with Crippen LogP contribution in [0.1, 0.15) is 30.1 Å². The molecule has 3 amide bonds. The van der Waals surface area contributed by atoms with E-state index in [0.717, 1.165) is 6.42 Å². The Bertz CT molecular complexity index is 883. The molecule has 1 aliphatic heterocycles. The van der Waals surface area contributed by atoms with Crippen LogP contribution in [0.2, 0.25) is 0 Å². The largest absolute Gasteiger partial charge is 0.326 e. The van der Waals surface area contributed by atoms with Crippen molar-refractivity contribution in [2.75, 3.05) is 11.9 Å². The Balaban J connectivity index is 1.21. The molecule has 1 aromatic carbocycles. The highest BCUT2D eigenvalue weighted by Crippen LogP contribution is 2.65. The predicted molar refractivity (Wildman–Crippen MR) is 101 cm³/mol. The molecule has 0 radical (unpaired) electrons. The molecule has 2 saturated carbocycles. The summed E-state index contributed by atoms with van der Waals surface area (Å²) in [6.07, 6.45) is 5.50. The lowest BCUT2D eigenvalue weighted by Gasteiger charge is -2.37. The molecule has 0 spiro atoms. The third-order valence-corrected chi connectivity index (χ3v) is 6.89. The fourth-order valence-corrected chi connectivity index (χ4v) is 5.46. The molecule has 28 heavy (non-hydrogen) atoms. The number of benzene rings is 1. The lowest BCUT2D eigenvalue weighted by molar-refractivity contribution is -0.140. The Morgan fingerprint density at radius 3 is 2.11 bits per heavy atom. The van der Waals surface area contributed by atoms with E-state index in [2.05, 4.69) is 17.5 Å². The zero-order valence-electron chi connectivity index (χ0n) is 15.6. The van der Waals surface area contributed by atoms with Crippen molar-refractivity contribution in [1.29, 1.82) is 0 Å². The van der Waals surface area contributed by atoms with Gasteiger partial charge in [0.25, 0.3) is 0 Å². The monoisotopic (exact) mass is 378 g/mol. The smallest absolute Gasteiger partial charge is 0.233 e. The first-order valence-electron chi connectivity index (χ1n) is 9.90. The van der Waals surface area contributed by atoms with E-state index >= 15 is 0 Å². The lowest BCUT2D eigenvalue weighted by atomic mass is 9.63. The SMILES string of the molecule is CC(=O)c1ccc(NC(=O)CCN2C(=O)[C@@H]3[C@@H]4C=C[C@H]([C@H]5C[C@H]45)[C@@H]3C2=O)cc1. The van der Waals surface area contributed by atoms with Crippen molar-refractivity contribution in [2.45, 2.75) is 19.8 Å². The van der Waals surface area contributed by atoms with E-state index in [4.69, 9.17) is 0 Å². The van der Waals surface area contributed by atoms with Crippen molar-refractivity contribution in [3.8, 4) is 0 Å². The molecule has 3 fully saturated rings. The molecule has 0 unspecified atom stereocenters. The van der Waals surface area contributed by atoms with E-state index in [1.807, 2.05) is 0 Å². The highest BCUT2D eigenvalue weighted by atomic mass is 16.2. The van der Waals surface area contributed by atoms with Crippen LogP contribution in [0.25, 0.3) is 0 Å². The van der Waals surface area contributed by atoms with E-state index in [9.17, 15) is 19.2 Å². The van der Waals surface area contributed by atoms with Crippen molar-refractivity contribution in [3.05, 3.63) is 42.0 Å². The molecule has 4 aliphatic carbocycles. The molecule has 1 N–H and O–H groups in total. The highest BCUT2D eigenvalue weighted by Gasteiger charge is 2.66. The first-order valence-corrected chi connectivity index (χ1v) is 9.90. The van der Waals surface area contributed by atoms with Crippen LogP contribution in [0, 0.1) is 35.5 Å². The Labute approximate surface area is 163 Å². The maximum Gasteiger partial charge on any atom is 0.233 e. The van der Waals surface area contributed by atoms with Gasteiger partial charge in [0.1, 0.15) is 0 Å². The number of ketones is 1. The van der Waals surface area contributed by atoms with E-state index in [1.54, 1.807) is 24.3 Å². The normalized spacial score (nSPS) is 34.2. The van der Waals surface area contributed by atoms with Gasteiger partial charge >= 0.3 is 0 Å². The number of carbonyl (C=O) groups excluding carboxylic acids is 4. The zero-order valence-corrected chi connectivity index (χ0v) is 15.6. The van der Waals surface area contributed by atoms with Crippen LogP contribution in [0.5, 0.6) is 0 Å². The molecule has 6 heteroatoms. The molecular weight excluding hydrogens is 356 g/mol. The van der Waals surface area contributed by atoms with Crippen LogP contribution < -0.4 is 5.32 Å². The minimum Gasteiger partial charge on any atom is -0.326 e. The van der Waals surface area contributed by atoms with Gasteiger partial charge in [-0.3, -0.25) is 24.1 Å². The Morgan fingerprint density at radius 2 is 1.57 bits per heavy atom. The molecule has 5 aliphatic rings. The van der Waals surface area contributed by atoms with Gasteiger partial charge < -0.3 is 5.32 Å². The number of hydrogen-bond acceptors (Lipinski definition) is 4. The van der Waals surface area contributed by atoms with Crippen molar-refractivity contribution in [3.63, 3.8) is 0 Å². The number of imide groups is 1. The molecule has 0 aromatic heterocycles. The summed E-state index contributed by atoms with van der Waals surface area (Å²) >= 11 is 0. The van der Waals surface area contributed by atoms with E-state index in [1.165, 1.54) is 11.8 Å². The zero-order chi connectivity index (χ0) is 19.6. The maximum atomic E-state index is 12.9. The van der Waals surface area contributed by atoms with Crippen molar-refractivity contribution >= 4 is 29.2 Å². The number of anilines is 1. The summed E-state index contributed by atoms with van der Waals surface area (Å²) in [7, 11) is 0. The molecule has 6 rings (SSSR count). The first-order chi connectivity index (χ1) is 13.5. The Kier molecular flexibility index (Phi) is 3.79. The molecule has 1 aromatic rings. The summed E-state index contributed by atoms with van der Waals surface area (Å²) in [6.45, 7) is 1.61. The number of allylic oxidation sites excluding steroid dienone is 2. The second kappa shape index (κ2) is 6.12. The molecule has 2 bridgehead atoms. The topological polar surface area (TPSA) is 83.6 Å². The third-order valence-electron chi connectivity index (χ3n) is 6.89. The van der Waals surface area contributed by atoms with Crippen LogP contribution in [-0.2, 0) is 14.4 Å². The summed E-state index contributed by atoms with van der Waals surface area (Å²) in [5, 5.41) is 2.76. The van der Waals surface area contributed by atoms with E-state index in [0.29, 0.717) is 23.1 Å². The molecule has 6 atom stereocenters. The summed E-state index contributed by atoms with van der Waals surface area (Å²) < 4.78 is 0. The number of nitrogens with one attached hydrogen (secondary N) is 1. The van der Waals surface area contributed by atoms with Crippen LogP contribution in [0.15, 0.2) is 36.4 Å². The Hall–Kier alpha value is -2.76. The molecular formula is C22H22N2O4. The van der Waals surface area contributed by atoms with Gasteiger partial charge in [-0.05, 0) is 61.3 Å². The van der Waals surface area contributed by atoms with Crippen LogP contribution in [0.3, 0.4) is 0 Å². The van der Waals surface area contributed by atoms with Gasteiger partial charge in [-0.25, -0.2) is 0 Å². The minimum absolute atomic E-state index is 0.0357. The first kappa shape index (κ1) is 17.3. The average molecular weight is 378 g/mol. The highest BCUT2D eigenvalue weighted by molar-refractivity contribution is 6.06. The fourth-order valence-electron chi connectivity index (χ4n) is 5.46. The second-order valence-electron chi connectivity index (χ2n) is 8.41. The summed E-state index contributed by atoms with van der Waals surface area (Å²) in [5.74, 6) is 0.647. The number of rotatable bonds is 5. The van der Waals surface area contributed by atoms with Gasteiger partial charge in [0, 0.05) is 24.2 Å². The number of hydrogen-bond donors (Lipinski definition) is 1. The van der Waals surface area contributed by atoms with Crippen molar-refractivity contribution < 1.29 is 19.2 Å². The molecule has 1 heterocycles. The number of Topliss-reactive ketones (excluding diaryl/α,β-unsaturated/α-hetero) is 1. The molecule has 144 valence electrons. The lowest BCUT2D eigenvalue weighted by Crippen LogP contribution is -2.40. The van der Waals surface area contributed by atoms with Crippen LogP contribution >= 0.6 is 0 Å². The Morgan fingerprint density at radius 1 is 1.00 bits per heavy atom. The van der Waals surface area contributed by atoms with E-state index < -0.39 is 0 Å². The summed E-state index contributed by atoms with van der Waals surface area (Å²) in [6, 6.07) is 6.66. The van der Waals surface area contributed by atoms with Crippen molar-refractivity contribution in [1.82, 2.24) is 4.90 Å². The van der Waals surface area contributed by atoms with Crippen molar-refractivity contribution in [2.24, 2.45) is 35.5 Å². The predicted octanol–water partition coefficient (Wildman–Crippen LogP) is 2.27. The number of likely N-dealkylation sites (tertiary alicyclic amines) is 1.